The molecule has 0 radical (unpaired) electrons. The van der Waals surface area contributed by atoms with Gasteiger partial charge in [0.1, 0.15) is 11.6 Å². The number of likely N-dealkylation sites (tertiary alicyclic amines) is 1. The maximum Gasteiger partial charge on any atom is 0.136 e. The number of hydrogen-bond donors (Lipinski definition) is 0. The first kappa shape index (κ1) is 16.0. The van der Waals surface area contributed by atoms with Crippen molar-refractivity contribution in [2.75, 3.05) is 13.1 Å². The zero-order valence-electron chi connectivity index (χ0n) is 15.4. The minimum atomic E-state index is 0.463. The van der Waals surface area contributed by atoms with Gasteiger partial charge >= 0.3 is 0 Å². The van der Waals surface area contributed by atoms with Crippen molar-refractivity contribution in [1.82, 2.24) is 19.7 Å². The Bertz CT molecular complexity index is 921. The Morgan fingerprint density at radius 3 is 2.62 bits per heavy atom. The Hall–Kier alpha value is -2.20. The lowest BCUT2D eigenvalue weighted by molar-refractivity contribution is 0.159. The molecule has 0 bridgehead atoms. The van der Waals surface area contributed by atoms with Gasteiger partial charge < -0.3 is 4.57 Å². The van der Waals surface area contributed by atoms with E-state index in [1.165, 1.54) is 47.2 Å². The zero-order valence-corrected chi connectivity index (χ0v) is 15.4. The molecule has 1 aromatic heterocycles. The molecule has 3 aromatic rings. The third-order valence-electron chi connectivity index (χ3n) is 6.34. The Balaban J connectivity index is 1.29. The van der Waals surface area contributed by atoms with Gasteiger partial charge in [0.05, 0.1) is 0 Å². The molecule has 1 saturated heterocycles. The summed E-state index contributed by atoms with van der Waals surface area (Å²) in [4.78, 5) is 2.63. The van der Waals surface area contributed by atoms with E-state index in [-0.39, 0.29) is 0 Å². The Kier molecular flexibility index (Phi) is 4.01. The minimum Gasteiger partial charge on any atom is -0.315 e. The molecule has 1 atom stereocenters. The highest BCUT2D eigenvalue weighted by Gasteiger charge is 2.29. The van der Waals surface area contributed by atoms with Gasteiger partial charge in [0.25, 0.3) is 0 Å². The summed E-state index contributed by atoms with van der Waals surface area (Å²) in [6.45, 7) is 5.74. The molecule has 0 aliphatic carbocycles. The van der Waals surface area contributed by atoms with Gasteiger partial charge in [0, 0.05) is 24.9 Å². The molecule has 3 heterocycles. The smallest absolute Gasteiger partial charge is 0.136 e. The average molecular weight is 346 g/mol. The van der Waals surface area contributed by atoms with Gasteiger partial charge in [0.15, 0.2) is 0 Å². The van der Waals surface area contributed by atoms with E-state index in [0.717, 1.165) is 26.1 Å². The Morgan fingerprint density at radius 1 is 0.962 bits per heavy atom. The highest BCUT2D eigenvalue weighted by atomic mass is 15.3. The molecule has 26 heavy (non-hydrogen) atoms. The normalized spacial score (nSPS) is 19.7. The minimum absolute atomic E-state index is 0.463. The van der Waals surface area contributed by atoms with Crippen LogP contribution in [0.1, 0.15) is 55.4 Å². The quantitative estimate of drug-likeness (QED) is 0.708. The van der Waals surface area contributed by atoms with Crippen LogP contribution in [0.5, 0.6) is 0 Å². The van der Waals surface area contributed by atoms with E-state index in [1.54, 1.807) is 0 Å². The average Bonchev–Trinajstić information content (AvgIpc) is 3.31. The van der Waals surface area contributed by atoms with Crippen LogP contribution in [0.4, 0.5) is 0 Å². The molecular weight excluding hydrogens is 320 g/mol. The fourth-order valence-electron chi connectivity index (χ4n) is 4.70. The van der Waals surface area contributed by atoms with Crippen molar-refractivity contribution in [3.63, 3.8) is 0 Å². The highest BCUT2D eigenvalue weighted by molar-refractivity contribution is 5.83. The fraction of sp³-hybridized carbons (Fsp3) is 0.455. The maximum absolute atomic E-state index is 4.52. The Labute approximate surface area is 154 Å². The molecule has 0 spiro atoms. The second-order valence-electron chi connectivity index (χ2n) is 7.82. The fourth-order valence-corrected chi connectivity index (χ4v) is 4.70. The van der Waals surface area contributed by atoms with Crippen molar-refractivity contribution in [3.05, 3.63) is 59.7 Å². The van der Waals surface area contributed by atoms with Crippen LogP contribution < -0.4 is 0 Å². The van der Waals surface area contributed by atoms with Crippen LogP contribution in [0.15, 0.2) is 42.5 Å². The van der Waals surface area contributed by atoms with Gasteiger partial charge in [-0.3, -0.25) is 4.90 Å². The largest absolute Gasteiger partial charge is 0.315 e. The summed E-state index contributed by atoms with van der Waals surface area (Å²) in [7, 11) is 0. The molecular formula is C22H26N4. The van der Waals surface area contributed by atoms with Gasteiger partial charge in [0.2, 0.25) is 0 Å². The molecule has 134 valence electrons. The third kappa shape index (κ3) is 2.73. The van der Waals surface area contributed by atoms with Crippen LogP contribution in [0.25, 0.3) is 10.8 Å². The summed E-state index contributed by atoms with van der Waals surface area (Å²) < 4.78 is 2.38. The van der Waals surface area contributed by atoms with E-state index in [1.807, 2.05) is 0 Å². The lowest BCUT2D eigenvalue weighted by atomic mass is 9.93. The molecule has 0 N–H and O–H groups in total. The van der Waals surface area contributed by atoms with Crippen LogP contribution in [0.3, 0.4) is 0 Å². The molecule has 0 saturated carbocycles. The first-order valence-electron chi connectivity index (χ1n) is 9.94. The van der Waals surface area contributed by atoms with Gasteiger partial charge in [-0.1, -0.05) is 36.4 Å². The van der Waals surface area contributed by atoms with Gasteiger partial charge in [-0.05, 0) is 61.7 Å². The zero-order chi connectivity index (χ0) is 17.5. The number of benzene rings is 2. The topological polar surface area (TPSA) is 34.0 Å². The summed E-state index contributed by atoms with van der Waals surface area (Å²) in [5.74, 6) is 3.02. The van der Waals surface area contributed by atoms with Gasteiger partial charge in [-0.15, -0.1) is 10.2 Å². The number of aromatic nitrogens is 3. The summed E-state index contributed by atoms with van der Waals surface area (Å²) in [6.07, 6.45) is 4.71. The third-order valence-corrected chi connectivity index (χ3v) is 6.34. The van der Waals surface area contributed by atoms with Crippen LogP contribution in [0, 0.1) is 0 Å². The van der Waals surface area contributed by atoms with E-state index >= 15 is 0 Å². The van der Waals surface area contributed by atoms with Crippen LogP contribution in [-0.4, -0.2) is 32.8 Å². The van der Waals surface area contributed by atoms with Crippen molar-refractivity contribution >= 4 is 10.8 Å². The molecule has 1 fully saturated rings. The molecule has 4 nitrogen and oxygen atoms in total. The number of fused-ring (bicyclic) bond motifs is 2. The van der Waals surface area contributed by atoms with Crippen LogP contribution in [-0.2, 0) is 13.0 Å². The predicted molar refractivity (Wildman–Crippen MR) is 104 cm³/mol. The lowest BCUT2D eigenvalue weighted by Gasteiger charge is -2.36. The number of hydrogen-bond acceptors (Lipinski definition) is 3. The number of aryl methyl sites for hydroxylation is 1. The second-order valence-corrected chi connectivity index (χ2v) is 7.82. The molecule has 4 heteroatoms. The van der Waals surface area contributed by atoms with E-state index < -0.39 is 0 Å². The van der Waals surface area contributed by atoms with Crippen LogP contribution >= 0.6 is 0 Å². The van der Waals surface area contributed by atoms with E-state index in [9.17, 15) is 0 Å². The van der Waals surface area contributed by atoms with Crippen molar-refractivity contribution in [2.24, 2.45) is 0 Å². The molecule has 2 aromatic carbocycles. The number of piperidine rings is 1. The van der Waals surface area contributed by atoms with Crippen molar-refractivity contribution in [3.8, 4) is 0 Å². The van der Waals surface area contributed by atoms with Gasteiger partial charge in [-0.25, -0.2) is 0 Å². The van der Waals surface area contributed by atoms with E-state index in [0.29, 0.717) is 12.0 Å². The molecule has 0 amide bonds. The van der Waals surface area contributed by atoms with Crippen molar-refractivity contribution < 1.29 is 0 Å². The van der Waals surface area contributed by atoms with Crippen molar-refractivity contribution in [1.29, 1.82) is 0 Å². The summed E-state index contributed by atoms with van der Waals surface area (Å²) >= 11 is 0. The van der Waals surface area contributed by atoms with Crippen LogP contribution in [0.2, 0.25) is 0 Å². The summed E-state index contributed by atoms with van der Waals surface area (Å²) in [5, 5.41) is 11.6. The van der Waals surface area contributed by atoms with Crippen molar-refractivity contribution in [2.45, 2.75) is 51.1 Å². The summed E-state index contributed by atoms with van der Waals surface area (Å²) in [6, 6.07) is 16.0. The lowest BCUT2D eigenvalue weighted by Crippen LogP contribution is -2.35. The molecule has 0 unspecified atom stereocenters. The highest BCUT2D eigenvalue weighted by Crippen LogP contribution is 2.33. The first-order valence-corrected chi connectivity index (χ1v) is 9.94. The number of nitrogens with zero attached hydrogens (tertiary/aromatic N) is 4. The molecule has 5 rings (SSSR count). The second kappa shape index (κ2) is 6.51. The van der Waals surface area contributed by atoms with Gasteiger partial charge in [-0.2, -0.15) is 0 Å². The SMILES string of the molecule is C[C@@H](c1ccc2ccccc2c1)N1CCC(c2nnc3n2CCC3)CC1. The summed E-state index contributed by atoms with van der Waals surface area (Å²) in [5.41, 5.74) is 1.42. The predicted octanol–water partition coefficient (Wildman–Crippen LogP) is 4.32. The van der Waals surface area contributed by atoms with E-state index in [2.05, 4.69) is 69.1 Å². The number of rotatable bonds is 3. The standard InChI is InChI=1S/C22H26N4/c1-16(19-9-8-17-5-2-3-6-20(17)15-19)25-13-10-18(11-14-25)22-24-23-21-7-4-12-26(21)22/h2-3,5-6,8-9,15-16,18H,4,7,10-14H2,1H3/t16-/m0/s1. The van der Waals surface area contributed by atoms with E-state index in [4.69, 9.17) is 0 Å². The molecule has 2 aliphatic rings. The first-order chi connectivity index (χ1) is 12.8. The Morgan fingerprint density at radius 2 is 1.77 bits per heavy atom. The maximum atomic E-state index is 4.52. The molecule has 2 aliphatic heterocycles. The monoisotopic (exact) mass is 346 g/mol.